The summed E-state index contributed by atoms with van der Waals surface area (Å²) in [7, 11) is 0. The van der Waals surface area contributed by atoms with Crippen LogP contribution in [0.15, 0.2) is 0 Å². The van der Waals surface area contributed by atoms with E-state index in [0.29, 0.717) is 13.0 Å². The lowest BCUT2D eigenvalue weighted by molar-refractivity contribution is -0.182. The summed E-state index contributed by atoms with van der Waals surface area (Å²) in [5.41, 5.74) is 0. The highest BCUT2D eigenvalue weighted by molar-refractivity contribution is 5.93. The fourth-order valence-corrected chi connectivity index (χ4v) is 2.00. The Bertz CT molecular complexity index is 272. The van der Waals surface area contributed by atoms with Crippen molar-refractivity contribution < 1.29 is 19.4 Å². The molecule has 2 aliphatic rings. The number of aliphatic hydroxyl groups is 1. The molecule has 0 aliphatic carbocycles. The van der Waals surface area contributed by atoms with Gasteiger partial charge in [-0.15, -0.1) is 0 Å². The topological polar surface area (TPSA) is 66.8 Å². The maximum absolute atomic E-state index is 11.7. The average Bonchev–Trinajstić information content (AvgIpc) is 2.59. The molecule has 0 aromatic rings. The Morgan fingerprint density at radius 2 is 2.29 bits per heavy atom. The maximum atomic E-state index is 11.7. The summed E-state index contributed by atoms with van der Waals surface area (Å²) in [4.78, 5) is 24.6. The van der Waals surface area contributed by atoms with Crippen LogP contribution < -0.4 is 0 Å². The third kappa shape index (κ3) is 1.28. The van der Waals surface area contributed by atoms with Gasteiger partial charge in [0.1, 0.15) is 6.04 Å². The van der Waals surface area contributed by atoms with Crippen LogP contribution >= 0.6 is 0 Å². The number of amides is 1. The molecule has 2 heterocycles. The van der Waals surface area contributed by atoms with Crippen LogP contribution in [0.2, 0.25) is 0 Å². The predicted molar refractivity (Wildman–Crippen MR) is 46.3 cm³/mol. The van der Waals surface area contributed by atoms with Crippen LogP contribution in [0.1, 0.15) is 19.8 Å². The zero-order chi connectivity index (χ0) is 10.3. The molecular weight excluding hydrogens is 186 g/mol. The predicted octanol–water partition coefficient (Wildman–Crippen LogP) is -0.716. The molecule has 14 heavy (non-hydrogen) atoms. The van der Waals surface area contributed by atoms with E-state index in [1.807, 2.05) is 0 Å². The highest BCUT2D eigenvalue weighted by Crippen LogP contribution is 2.25. The van der Waals surface area contributed by atoms with Crippen LogP contribution in [0.25, 0.3) is 0 Å². The molecule has 2 rings (SSSR count). The average molecular weight is 199 g/mol. The summed E-state index contributed by atoms with van der Waals surface area (Å²) in [6.07, 6.45) is -0.431. The van der Waals surface area contributed by atoms with Crippen molar-refractivity contribution in [3.05, 3.63) is 0 Å². The molecule has 2 saturated heterocycles. The number of cyclic esters (lactones) is 1. The molecule has 78 valence electrons. The molecule has 5 nitrogen and oxygen atoms in total. The van der Waals surface area contributed by atoms with E-state index < -0.39 is 18.2 Å². The number of rotatable bonds is 1. The van der Waals surface area contributed by atoms with Crippen molar-refractivity contribution in [3.63, 3.8) is 0 Å². The van der Waals surface area contributed by atoms with Gasteiger partial charge in [-0.2, -0.15) is 0 Å². The van der Waals surface area contributed by atoms with Crippen LogP contribution in [-0.4, -0.2) is 46.7 Å². The summed E-state index contributed by atoms with van der Waals surface area (Å²) in [5.74, 6) is -0.643. The van der Waals surface area contributed by atoms with Gasteiger partial charge in [-0.3, -0.25) is 4.79 Å². The minimum absolute atomic E-state index is 0.262. The SMILES string of the molecule is C[C@H](O)[C@H]1OC(=O)[C@H]2CCCN2C1=O. The molecule has 0 unspecified atom stereocenters. The van der Waals surface area contributed by atoms with Crippen LogP contribution in [0.5, 0.6) is 0 Å². The first-order chi connectivity index (χ1) is 6.61. The minimum atomic E-state index is -1.00. The van der Waals surface area contributed by atoms with E-state index >= 15 is 0 Å². The Labute approximate surface area is 81.6 Å². The first-order valence-electron chi connectivity index (χ1n) is 4.80. The Morgan fingerprint density at radius 1 is 1.57 bits per heavy atom. The van der Waals surface area contributed by atoms with Crippen molar-refractivity contribution in [3.8, 4) is 0 Å². The fraction of sp³-hybridized carbons (Fsp3) is 0.778. The van der Waals surface area contributed by atoms with Crippen LogP contribution in [0.4, 0.5) is 0 Å². The van der Waals surface area contributed by atoms with Crippen molar-refractivity contribution in [2.45, 2.75) is 38.0 Å². The Morgan fingerprint density at radius 3 is 2.93 bits per heavy atom. The number of esters is 1. The second-order valence-corrected chi connectivity index (χ2v) is 3.79. The normalized spacial score (nSPS) is 34.0. The number of morpholine rings is 1. The van der Waals surface area contributed by atoms with E-state index in [-0.39, 0.29) is 11.9 Å². The third-order valence-electron chi connectivity index (χ3n) is 2.73. The quantitative estimate of drug-likeness (QED) is 0.566. The largest absolute Gasteiger partial charge is 0.448 e. The van der Waals surface area contributed by atoms with E-state index in [0.717, 1.165) is 6.42 Å². The van der Waals surface area contributed by atoms with Gasteiger partial charge in [0.25, 0.3) is 5.91 Å². The molecule has 3 atom stereocenters. The number of hydrogen-bond acceptors (Lipinski definition) is 4. The first-order valence-corrected chi connectivity index (χ1v) is 4.80. The molecule has 2 aliphatic heterocycles. The molecule has 5 heteroatoms. The van der Waals surface area contributed by atoms with E-state index in [1.54, 1.807) is 0 Å². The van der Waals surface area contributed by atoms with Gasteiger partial charge in [0.2, 0.25) is 6.10 Å². The van der Waals surface area contributed by atoms with Crippen molar-refractivity contribution >= 4 is 11.9 Å². The van der Waals surface area contributed by atoms with Gasteiger partial charge >= 0.3 is 5.97 Å². The van der Waals surface area contributed by atoms with Crippen LogP contribution in [-0.2, 0) is 14.3 Å². The standard InChI is InChI=1S/C9H13NO4/c1-5(11)7-8(12)10-4-2-3-6(10)9(13)14-7/h5-7,11H,2-4H2,1H3/t5-,6+,7+/m0/s1. The number of fused-ring (bicyclic) bond motifs is 1. The summed E-state index contributed by atoms with van der Waals surface area (Å²) < 4.78 is 4.89. The summed E-state index contributed by atoms with van der Waals surface area (Å²) in [6, 6.07) is -0.405. The van der Waals surface area contributed by atoms with Gasteiger partial charge < -0.3 is 14.7 Å². The molecule has 0 spiro atoms. The lowest BCUT2D eigenvalue weighted by atomic mass is 10.1. The highest BCUT2D eigenvalue weighted by atomic mass is 16.6. The molecule has 2 fully saturated rings. The molecule has 0 radical (unpaired) electrons. The molecule has 1 N–H and O–H groups in total. The second-order valence-electron chi connectivity index (χ2n) is 3.79. The number of hydrogen-bond donors (Lipinski definition) is 1. The monoisotopic (exact) mass is 199 g/mol. The smallest absolute Gasteiger partial charge is 0.329 e. The molecule has 0 saturated carbocycles. The van der Waals surface area contributed by atoms with Gasteiger partial charge in [-0.25, -0.2) is 4.79 Å². The Hall–Kier alpha value is -1.10. The zero-order valence-electron chi connectivity index (χ0n) is 7.97. The van der Waals surface area contributed by atoms with Gasteiger partial charge in [0.15, 0.2) is 0 Å². The summed E-state index contributed by atoms with van der Waals surface area (Å²) in [6.45, 7) is 2.05. The number of aliphatic hydroxyl groups excluding tert-OH is 1. The highest BCUT2D eigenvalue weighted by Gasteiger charge is 2.46. The first kappa shape index (κ1) is 9.45. The number of nitrogens with zero attached hydrogens (tertiary/aromatic N) is 1. The number of carbonyl (C=O) groups excluding carboxylic acids is 2. The van der Waals surface area contributed by atoms with Crippen molar-refractivity contribution in [2.75, 3.05) is 6.54 Å². The van der Waals surface area contributed by atoms with Crippen molar-refractivity contribution in [1.29, 1.82) is 0 Å². The van der Waals surface area contributed by atoms with Crippen LogP contribution in [0.3, 0.4) is 0 Å². The molecular formula is C9H13NO4. The Kier molecular flexibility index (Phi) is 2.19. The summed E-state index contributed by atoms with van der Waals surface area (Å²) in [5, 5.41) is 9.26. The zero-order valence-corrected chi connectivity index (χ0v) is 7.97. The number of carbonyl (C=O) groups is 2. The molecule has 0 aromatic heterocycles. The van der Waals surface area contributed by atoms with E-state index in [4.69, 9.17) is 4.74 Å². The second kappa shape index (κ2) is 3.24. The molecule has 0 bridgehead atoms. The maximum Gasteiger partial charge on any atom is 0.329 e. The minimum Gasteiger partial charge on any atom is -0.448 e. The van der Waals surface area contributed by atoms with Crippen LogP contribution in [0, 0.1) is 0 Å². The van der Waals surface area contributed by atoms with E-state index in [1.165, 1.54) is 11.8 Å². The fourth-order valence-electron chi connectivity index (χ4n) is 2.00. The lowest BCUT2D eigenvalue weighted by Gasteiger charge is -2.34. The van der Waals surface area contributed by atoms with E-state index in [2.05, 4.69) is 0 Å². The number of ether oxygens (including phenoxy) is 1. The van der Waals surface area contributed by atoms with Crippen molar-refractivity contribution in [2.24, 2.45) is 0 Å². The van der Waals surface area contributed by atoms with Gasteiger partial charge in [0, 0.05) is 6.54 Å². The Balaban J connectivity index is 2.20. The van der Waals surface area contributed by atoms with Gasteiger partial charge in [0.05, 0.1) is 6.10 Å². The van der Waals surface area contributed by atoms with Gasteiger partial charge in [-0.05, 0) is 19.8 Å². The lowest BCUT2D eigenvalue weighted by Crippen LogP contribution is -2.56. The van der Waals surface area contributed by atoms with Gasteiger partial charge in [-0.1, -0.05) is 0 Å². The van der Waals surface area contributed by atoms with Crippen molar-refractivity contribution in [1.82, 2.24) is 4.90 Å². The summed E-state index contributed by atoms with van der Waals surface area (Å²) >= 11 is 0. The van der Waals surface area contributed by atoms with E-state index in [9.17, 15) is 14.7 Å². The molecule has 0 aromatic carbocycles. The molecule has 1 amide bonds. The third-order valence-corrected chi connectivity index (χ3v) is 2.73.